The van der Waals surface area contributed by atoms with Crippen LogP contribution in [0.1, 0.15) is 22.2 Å². The third kappa shape index (κ3) is 3.60. The van der Waals surface area contributed by atoms with Gasteiger partial charge in [-0.1, -0.05) is 23.7 Å². The Morgan fingerprint density at radius 3 is 2.77 bits per heavy atom. The summed E-state index contributed by atoms with van der Waals surface area (Å²) in [7, 11) is 0. The van der Waals surface area contributed by atoms with Crippen molar-refractivity contribution in [2.75, 3.05) is 19.7 Å². The highest BCUT2D eigenvalue weighted by molar-refractivity contribution is 7.13. The summed E-state index contributed by atoms with van der Waals surface area (Å²) in [5, 5.41) is 3.06. The lowest BCUT2D eigenvalue weighted by molar-refractivity contribution is -0.0229. The zero-order valence-corrected chi connectivity index (χ0v) is 15.3. The molecule has 1 aliphatic rings. The number of morpholine rings is 1. The molecule has 8 heteroatoms. The fraction of sp³-hybridized carbons (Fsp3) is 0.222. The first-order chi connectivity index (χ1) is 12.7. The summed E-state index contributed by atoms with van der Waals surface area (Å²) in [6, 6.07) is 9.25. The zero-order valence-electron chi connectivity index (χ0n) is 13.7. The molecule has 1 aliphatic heterocycles. The van der Waals surface area contributed by atoms with Crippen LogP contribution in [0.15, 0.2) is 48.1 Å². The minimum absolute atomic E-state index is 0.106. The molecular weight excluding hydrogens is 372 g/mol. The Balaban J connectivity index is 1.49. The van der Waals surface area contributed by atoms with Crippen LogP contribution in [-0.2, 0) is 4.74 Å². The Hall–Kier alpha value is -2.35. The largest absolute Gasteiger partial charge is 0.370 e. The van der Waals surface area contributed by atoms with Gasteiger partial charge in [0.2, 0.25) is 0 Å². The molecule has 26 heavy (non-hydrogen) atoms. The van der Waals surface area contributed by atoms with Gasteiger partial charge in [-0.15, -0.1) is 11.3 Å². The van der Waals surface area contributed by atoms with Crippen LogP contribution in [0.2, 0.25) is 5.02 Å². The van der Waals surface area contributed by atoms with Crippen molar-refractivity contribution in [1.29, 1.82) is 0 Å². The molecule has 3 aromatic rings. The molecule has 1 aromatic carbocycles. The summed E-state index contributed by atoms with van der Waals surface area (Å²) in [5.41, 5.74) is 1.41. The first-order valence-electron chi connectivity index (χ1n) is 8.10. The zero-order chi connectivity index (χ0) is 17.9. The smallest absolute Gasteiger partial charge is 0.273 e. The second-order valence-corrected chi connectivity index (χ2v) is 7.07. The highest BCUT2D eigenvalue weighted by atomic mass is 35.5. The maximum Gasteiger partial charge on any atom is 0.273 e. The van der Waals surface area contributed by atoms with Gasteiger partial charge in [-0.05, 0) is 23.8 Å². The SMILES string of the molecule is O=C(c1csc(-c2ncccn2)n1)N1CCOC(c2ccc(Cl)cc2)C1. The van der Waals surface area contributed by atoms with E-state index < -0.39 is 0 Å². The Morgan fingerprint density at radius 2 is 2.00 bits per heavy atom. The van der Waals surface area contributed by atoms with E-state index >= 15 is 0 Å². The summed E-state index contributed by atoms with van der Waals surface area (Å²) < 4.78 is 5.82. The van der Waals surface area contributed by atoms with Crippen molar-refractivity contribution in [3.05, 3.63) is 64.4 Å². The quantitative estimate of drug-likeness (QED) is 0.689. The van der Waals surface area contributed by atoms with E-state index in [2.05, 4.69) is 15.0 Å². The van der Waals surface area contributed by atoms with Crippen LogP contribution in [0.5, 0.6) is 0 Å². The molecule has 0 saturated carbocycles. The normalized spacial score (nSPS) is 17.3. The first kappa shape index (κ1) is 17.1. The van der Waals surface area contributed by atoms with Crippen LogP contribution in [0, 0.1) is 0 Å². The molecule has 1 atom stereocenters. The summed E-state index contributed by atoms with van der Waals surface area (Å²) in [4.78, 5) is 27.4. The van der Waals surface area contributed by atoms with Crippen LogP contribution >= 0.6 is 22.9 Å². The van der Waals surface area contributed by atoms with Gasteiger partial charge in [-0.2, -0.15) is 0 Å². The molecule has 0 bridgehead atoms. The maximum atomic E-state index is 12.8. The number of carbonyl (C=O) groups excluding carboxylic acids is 1. The summed E-state index contributed by atoms with van der Waals surface area (Å²) in [5.74, 6) is 0.420. The van der Waals surface area contributed by atoms with E-state index in [1.807, 2.05) is 24.3 Å². The number of halogens is 1. The lowest BCUT2D eigenvalue weighted by atomic mass is 10.1. The molecule has 2 aromatic heterocycles. The number of thiazole rings is 1. The van der Waals surface area contributed by atoms with Gasteiger partial charge < -0.3 is 9.64 Å². The topological polar surface area (TPSA) is 68.2 Å². The Bertz CT molecular complexity index is 901. The molecule has 132 valence electrons. The molecule has 0 aliphatic carbocycles. The Morgan fingerprint density at radius 1 is 1.23 bits per heavy atom. The van der Waals surface area contributed by atoms with Crippen LogP contribution in [0.25, 0.3) is 10.8 Å². The van der Waals surface area contributed by atoms with Gasteiger partial charge in [0.15, 0.2) is 10.8 Å². The number of nitrogens with zero attached hydrogens (tertiary/aromatic N) is 4. The third-order valence-electron chi connectivity index (χ3n) is 4.08. The number of ether oxygens (including phenoxy) is 1. The lowest BCUT2D eigenvalue weighted by Crippen LogP contribution is -2.42. The van der Waals surface area contributed by atoms with E-state index in [1.165, 1.54) is 11.3 Å². The highest BCUT2D eigenvalue weighted by Gasteiger charge is 2.27. The van der Waals surface area contributed by atoms with Crippen molar-refractivity contribution in [2.45, 2.75) is 6.10 Å². The number of carbonyl (C=O) groups is 1. The van der Waals surface area contributed by atoms with Gasteiger partial charge in [0, 0.05) is 29.3 Å². The van der Waals surface area contributed by atoms with Gasteiger partial charge in [0.25, 0.3) is 5.91 Å². The van der Waals surface area contributed by atoms with E-state index in [0.29, 0.717) is 41.2 Å². The summed E-state index contributed by atoms with van der Waals surface area (Å²) in [6.45, 7) is 1.50. The van der Waals surface area contributed by atoms with Gasteiger partial charge in [-0.3, -0.25) is 4.79 Å². The van der Waals surface area contributed by atoms with Crippen molar-refractivity contribution in [3.63, 3.8) is 0 Å². The van der Waals surface area contributed by atoms with E-state index in [0.717, 1.165) is 5.56 Å². The standard InChI is InChI=1S/C18H15ClN4O2S/c19-13-4-2-12(3-5-13)15-10-23(8-9-25-15)18(24)14-11-26-17(22-14)16-20-6-1-7-21-16/h1-7,11,15H,8-10H2. The lowest BCUT2D eigenvalue weighted by Gasteiger charge is -2.32. The summed E-state index contributed by atoms with van der Waals surface area (Å²) in [6.07, 6.45) is 3.15. The molecule has 1 amide bonds. The van der Waals surface area contributed by atoms with Crippen LogP contribution in [0.3, 0.4) is 0 Å². The molecule has 0 N–H and O–H groups in total. The molecule has 4 rings (SSSR count). The van der Waals surface area contributed by atoms with Gasteiger partial charge in [0.1, 0.15) is 11.8 Å². The molecule has 1 unspecified atom stereocenters. The van der Waals surface area contributed by atoms with Gasteiger partial charge in [-0.25, -0.2) is 15.0 Å². The van der Waals surface area contributed by atoms with E-state index in [4.69, 9.17) is 16.3 Å². The predicted molar refractivity (Wildman–Crippen MR) is 99.2 cm³/mol. The minimum atomic E-state index is -0.166. The highest BCUT2D eigenvalue weighted by Crippen LogP contribution is 2.26. The number of amides is 1. The fourth-order valence-corrected chi connectivity index (χ4v) is 3.62. The average Bonchev–Trinajstić information content (AvgIpc) is 3.19. The van der Waals surface area contributed by atoms with Crippen molar-refractivity contribution >= 4 is 28.8 Å². The first-order valence-corrected chi connectivity index (χ1v) is 9.36. The van der Waals surface area contributed by atoms with E-state index in [-0.39, 0.29) is 12.0 Å². The number of hydrogen-bond acceptors (Lipinski definition) is 6. The maximum absolute atomic E-state index is 12.8. The molecular formula is C18H15ClN4O2S. The van der Waals surface area contributed by atoms with Crippen LogP contribution in [-0.4, -0.2) is 45.5 Å². The Kier molecular flexibility index (Phi) is 4.92. The molecule has 0 spiro atoms. The van der Waals surface area contributed by atoms with Crippen LogP contribution in [0.4, 0.5) is 0 Å². The van der Waals surface area contributed by atoms with Crippen molar-refractivity contribution < 1.29 is 9.53 Å². The summed E-state index contributed by atoms with van der Waals surface area (Å²) >= 11 is 7.30. The molecule has 6 nitrogen and oxygen atoms in total. The van der Waals surface area contributed by atoms with Gasteiger partial charge in [0.05, 0.1) is 13.2 Å². The number of aromatic nitrogens is 3. The second-order valence-electron chi connectivity index (χ2n) is 5.77. The Labute approximate surface area is 159 Å². The van der Waals surface area contributed by atoms with E-state index in [9.17, 15) is 4.79 Å². The second kappa shape index (κ2) is 7.49. The molecule has 1 fully saturated rings. The average molecular weight is 387 g/mol. The number of rotatable bonds is 3. The van der Waals surface area contributed by atoms with E-state index in [1.54, 1.807) is 28.7 Å². The van der Waals surface area contributed by atoms with Crippen molar-refractivity contribution in [2.24, 2.45) is 0 Å². The van der Waals surface area contributed by atoms with Crippen molar-refractivity contribution in [3.8, 4) is 10.8 Å². The molecule has 1 saturated heterocycles. The molecule has 0 radical (unpaired) electrons. The van der Waals surface area contributed by atoms with Crippen molar-refractivity contribution in [1.82, 2.24) is 19.9 Å². The number of hydrogen-bond donors (Lipinski definition) is 0. The number of benzene rings is 1. The van der Waals surface area contributed by atoms with Crippen LogP contribution < -0.4 is 0 Å². The monoisotopic (exact) mass is 386 g/mol. The fourth-order valence-electron chi connectivity index (χ4n) is 2.76. The molecule has 3 heterocycles. The minimum Gasteiger partial charge on any atom is -0.370 e. The predicted octanol–water partition coefficient (Wildman–Crippen LogP) is 3.47. The third-order valence-corrected chi connectivity index (χ3v) is 5.17. The van der Waals surface area contributed by atoms with Gasteiger partial charge >= 0.3 is 0 Å².